The van der Waals surface area contributed by atoms with Crippen molar-refractivity contribution >= 4 is 23.3 Å². The van der Waals surface area contributed by atoms with Crippen LogP contribution in [0.5, 0.6) is 0 Å². The lowest BCUT2D eigenvalue weighted by atomic mass is 9.86. The molecule has 3 N–H and O–H groups in total. The predicted octanol–water partition coefficient (Wildman–Crippen LogP) is 1.93. The molecule has 1 saturated heterocycles. The number of carboxylic acids is 1. The Balaban J connectivity index is 1.75. The lowest BCUT2D eigenvalue weighted by molar-refractivity contribution is -0.384. The molecule has 0 atom stereocenters. The summed E-state index contributed by atoms with van der Waals surface area (Å²) >= 11 is 0. The van der Waals surface area contributed by atoms with E-state index in [4.69, 9.17) is 9.84 Å². The number of hydrogen-bond donors (Lipinski definition) is 3. The van der Waals surface area contributed by atoms with E-state index < -0.39 is 16.4 Å². The van der Waals surface area contributed by atoms with Gasteiger partial charge in [0.2, 0.25) is 5.91 Å². The molecule has 2 rings (SSSR count). The normalized spacial score (nSPS) is 15.8. The Morgan fingerprint density at radius 1 is 1.23 bits per heavy atom. The molecule has 142 valence electrons. The number of nitrogens with one attached hydrogen (secondary N) is 2. The topological polar surface area (TPSA) is 131 Å². The van der Waals surface area contributed by atoms with Gasteiger partial charge in [0.05, 0.1) is 16.9 Å². The molecule has 0 radical (unpaired) electrons. The average Bonchev–Trinajstić information content (AvgIpc) is 2.59. The third kappa shape index (κ3) is 5.99. The first-order valence-electron chi connectivity index (χ1n) is 8.49. The second kappa shape index (κ2) is 9.14. The zero-order valence-corrected chi connectivity index (χ0v) is 14.4. The van der Waals surface area contributed by atoms with E-state index in [1.54, 1.807) is 12.1 Å². The highest BCUT2D eigenvalue weighted by Gasteiger charge is 2.36. The van der Waals surface area contributed by atoms with E-state index >= 15 is 0 Å². The van der Waals surface area contributed by atoms with Crippen LogP contribution in [-0.4, -0.2) is 47.2 Å². The van der Waals surface area contributed by atoms with E-state index in [0.29, 0.717) is 39.0 Å². The van der Waals surface area contributed by atoms with Gasteiger partial charge in [-0.15, -0.1) is 0 Å². The van der Waals surface area contributed by atoms with Crippen molar-refractivity contribution in [2.45, 2.75) is 37.6 Å². The number of anilines is 1. The number of nitro groups is 1. The van der Waals surface area contributed by atoms with Crippen LogP contribution in [0, 0.1) is 10.1 Å². The van der Waals surface area contributed by atoms with Crippen LogP contribution in [0.1, 0.15) is 32.1 Å². The highest BCUT2D eigenvalue weighted by molar-refractivity contribution is 5.78. The maximum atomic E-state index is 12.2. The number of benzene rings is 1. The van der Waals surface area contributed by atoms with Crippen molar-refractivity contribution in [3.8, 4) is 0 Å². The van der Waals surface area contributed by atoms with Gasteiger partial charge in [0.25, 0.3) is 5.69 Å². The minimum absolute atomic E-state index is 0.0233. The molecule has 1 aliphatic heterocycles. The number of carbonyl (C=O) groups excluding carboxylic acids is 1. The van der Waals surface area contributed by atoms with E-state index in [2.05, 4.69) is 10.6 Å². The quantitative estimate of drug-likeness (QED) is 0.346. The molecule has 1 heterocycles. The van der Waals surface area contributed by atoms with Crippen LogP contribution >= 0.6 is 0 Å². The lowest BCUT2D eigenvalue weighted by Crippen LogP contribution is -2.53. The van der Waals surface area contributed by atoms with Crippen molar-refractivity contribution in [2.24, 2.45) is 0 Å². The largest absolute Gasteiger partial charge is 0.481 e. The molecule has 1 fully saturated rings. The molecule has 0 aromatic heterocycles. The van der Waals surface area contributed by atoms with Gasteiger partial charge in [0.1, 0.15) is 0 Å². The highest BCUT2D eigenvalue weighted by Crippen LogP contribution is 2.25. The fraction of sp³-hybridized carbons (Fsp3) is 0.529. The maximum Gasteiger partial charge on any atom is 0.305 e. The summed E-state index contributed by atoms with van der Waals surface area (Å²) in [7, 11) is 0. The Morgan fingerprint density at radius 2 is 1.88 bits per heavy atom. The number of hydrogen-bond acceptors (Lipinski definition) is 6. The third-order valence-electron chi connectivity index (χ3n) is 4.33. The summed E-state index contributed by atoms with van der Waals surface area (Å²) in [5, 5.41) is 25.7. The Labute approximate surface area is 150 Å². The maximum absolute atomic E-state index is 12.2. The molecule has 0 bridgehead atoms. The molecule has 1 aromatic carbocycles. The Bertz CT molecular complexity index is 640. The van der Waals surface area contributed by atoms with E-state index in [1.165, 1.54) is 12.1 Å². The van der Waals surface area contributed by atoms with E-state index in [1.807, 2.05) is 0 Å². The fourth-order valence-corrected chi connectivity index (χ4v) is 2.94. The molecule has 9 heteroatoms. The molecular formula is C17H23N3O6. The van der Waals surface area contributed by atoms with Crippen molar-refractivity contribution in [2.75, 3.05) is 25.1 Å². The van der Waals surface area contributed by atoms with Gasteiger partial charge in [0, 0.05) is 44.0 Å². The zero-order chi connectivity index (χ0) is 19.0. The summed E-state index contributed by atoms with van der Waals surface area (Å²) in [6, 6.07) is 6.05. The molecule has 1 amide bonds. The van der Waals surface area contributed by atoms with Gasteiger partial charge in [-0.05, 0) is 31.4 Å². The van der Waals surface area contributed by atoms with Gasteiger partial charge in [0.15, 0.2) is 0 Å². The molecular weight excluding hydrogens is 342 g/mol. The first-order valence-corrected chi connectivity index (χ1v) is 8.49. The van der Waals surface area contributed by atoms with E-state index in [-0.39, 0.29) is 24.4 Å². The van der Waals surface area contributed by atoms with E-state index in [9.17, 15) is 19.7 Å². The second-order valence-corrected chi connectivity index (χ2v) is 6.35. The van der Waals surface area contributed by atoms with Crippen LogP contribution in [0.15, 0.2) is 24.3 Å². The van der Waals surface area contributed by atoms with Gasteiger partial charge < -0.3 is 20.5 Å². The molecule has 26 heavy (non-hydrogen) atoms. The zero-order valence-electron chi connectivity index (χ0n) is 14.4. The van der Waals surface area contributed by atoms with Crippen molar-refractivity contribution in [3.05, 3.63) is 34.4 Å². The van der Waals surface area contributed by atoms with Crippen LogP contribution in [0.2, 0.25) is 0 Å². The highest BCUT2D eigenvalue weighted by atomic mass is 16.6. The predicted molar refractivity (Wildman–Crippen MR) is 94.0 cm³/mol. The van der Waals surface area contributed by atoms with Crippen LogP contribution in [0.3, 0.4) is 0 Å². The number of rotatable bonds is 9. The fourth-order valence-electron chi connectivity index (χ4n) is 2.94. The summed E-state index contributed by atoms with van der Waals surface area (Å²) in [5.41, 5.74) is 0.0327. The summed E-state index contributed by atoms with van der Waals surface area (Å²) in [5.74, 6) is -1.12. The van der Waals surface area contributed by atoms with Crippen LogP contribution in [-0.2, 0) is 14.3 Å². The smallest absolute Gasteiger partial charge is 0.305 e. The summed E-state index contributed by atoms with van der Waals surface area (Å²) < 4.78 is 5.26. The first kappa shape index (κ1) is 19.6. The SMILES string of the molecule is O=C(O)CC1(NC(=O)CCCNc2ccc([N+](=O)[O-])cc2)CCOCC1. The molecule has 1 aromatic rings. The van der Waals surface area contributed by atoms with Crippen LogP contribution in [0.4, 0.5) is 11.4 Å². The summed E-state index contributed by atoms with van der Waals surface area (Å²) in [6.07, 6.45) is 1.70. The van der Waals surface area contributed by atoms with Gasteiger partial charge in [-0.2, -0.15) is 0 Å². The number of ether oxygens (including phenoxy) is 1. The Kier molecular flexibility index (Phi) is 6.90. The van der Waals surface area contributed by atoms with Gasteiger partial charge in [-0.1, -0.05) is 0 Å². The minimum atomic E-state index is -0.938. The van der Waals surface area contributed by atoms with Crippen molar-refractivity contribution < 1.29 is 24.4 Å². The van der Waals surface area contributed by atoms with Gasteiger partial charge in [-0.25, -0.2) is 0 Å². The molecule has 0 saturated carbocycles. The molecule has 0 unspecified atom stereocenters. The lowest BCUT2D eigenvalue weighted by Gasteiger charge is -2.36. The second-order valence-electron chi connectivity index (χ2n) is 6.35. The number of nitro benzene ring substituents is 1. The standard InChI is InChI=1S/C17H23N3O6/c21-15(19-17(12-16(22)23)7-10-26-11-8-17)2-1-9-18-13-3-5-14(6-4-13)20(24)25/h3-6,18H,1-2,7-12H2,(H,19,21)(H,22,23). The number of carbonyl (C=O) groups is 2. The molecule has 0 aliphatic carbocycles. The van der Waals surface area contributed by atoms with Gasteiger partial charge in [-0.3, -0.25) is 19.7 Å². The van der Waals surface area contributed by atoms with Crippen molar-refractivity contribution in [3.63, 3.8) is 0 Å². The van der Waals surface area contributed by atoms with Crippen LogP contribution < -0.4 is 10.6 Å². The van der Waals surface area contributed by atoms with E-state index in [0.717, 1.165) is 5.69 Å². The first-order chi connectivity index (χ1) is 12.4. The monoisotopic (exact) mass is 365 g/mol. The Hall–Kier alpha value is -2.68. The Morgan fingerprint density at radius 3 is 2.46 bits per heavy atom. The number of non-ortho nitro benzene ring substituents is 1. The van der Waals surface area contributed by atoms with Crippen molar-refractivity contribution in [1.29, 1.82) is 0 Å². The molecule has 1 aliphatic rings. The number of aliphatic carboxylic acids is 1. The van der Waals surface area contributed by atoms with Crippen molar-refractivity contribution in [1.82, 2.24) is 5.32 Å². The number of nitrogens with zero attached hydrogens (tertiary/aromatic N) is 1. The average molecular weight is 365 g/mol. The minimum Gasteiger partial charge on any atom is -0.481 e. The van der Waals surface area contributed by atoms with Gasteiger partial charge >= 0.3 is 5.97 Å². The molecule has 0 spiro atoms. The third-order valence-corrected chi connectivity index (χ3v) is 4.33. The summed E-state index contributed by atoms with van der Waals surface area (Å²) in [4.78, 5) is 33.4. The molecule has 9 nitrogen and oxygen atoms in total. The number of amides is 1. The summed E-state index contributed by atoms with van der Waals surface area (Å²) in [6.45, 7) is 1.41. The van der Waals surface area contributed by atoms with Crippen LogP contribution in [0.25, 0.3) is 0 Å². The number of carboxylic acid groups (broad SMARTS) is 1.